The van der Waals surface area contributed by atoms with E-state index in [2.05, 4.69) is 37.3 Å². The van der Waals surface area contributed by atoms with Crippen LogP contribution in [-0.4, -0.2) is 6.67 Å². The van der Waals surface area contributed by atoms with Gasteiger partial charge in [0.2, 0.25) is 0 Å². The molecule has 2 aromatic rings. The second-order valence-corrected chi connectivity index (χ2v) is 9.74. The zero-order valence-corrected chi connectivity index (χ0v) is 18.4. The van der Waals surface area contributed by atoms with E-state index in [-0.39, 0.29) is 18.4 Å². The highest BCUT2D eigenvalue weighted by molar-refractivity contribution is 5.65. The average molecular weight is 411 g/mol. The molecule has 2 fully saturated rings. The van der Waals surface area contributed by atoms with E-state index in [9.17, 15) is 8.78 Å². The van der Waals surface area contributed by atoms with Gasteiger partial charge in [-0.3, -0.25) is 4.39 Å². The van der Waals surface area contributed by atoms with Crippen LogP contribution in [0.3, 0.4) is 0 Å². The molecule has 2 aromatic carbocycles. The van der Waals surface area contributed by atoms with Crippen LogP contribution in [0, 0.1) is 17.7 Å². The Morgan fingerprint density at radius 3 is 1.87 bits per heavy atom. The molecule has 0 spiro atoms. The van der Waals surface area contributed by atoms with Crippen LogP contribution < -0.4 is 0 Å². The van der Waals surface area contributed by atoms with Crippen molar-refractivity contribution in [3.05, 3.63) is 59.4 Å². The molecule has 2 heteroatoms. The molecule has 0 heterocycles. The van der Waals surface area contributed by atoms with Gasteiger partial charge >= 0.3 is 0 Å². The molecule has 0 N–H and O–H groups in total. The van der Waals surface area contributed by atoms with E-state index in [1.54, 1.807) is 6.07 Å². The van der Waals surface area contributed by atoms with Gasteiger partial charge in [0.25, 0.3) is 0 Å². The van der Waals surface area contributed by atoms with E-state index < -0.39 is 0 Å². The monoisotopic (exact) mass is 410 g/mol. The molecular weight excluding hydrogens is 374 g/mol. The third-order valence-electron chi connectivity index (χ3n) is 7.77. The Balaban J connectivity index is 1.41. The summed E-state index contributed by atoms with van der Waals surface area (Å²) in [6.45, 7) is 2.09. The Labute approximate surface area is 181 Å². The summed E-state index contributed by atoms with van der Waals surface area (Å²) in [6, 6.07) is 14.3. The zero-order valence-electron chi connectivity index (χ0n) is 18.4. The van der Waals surface area contributed by atoms with Crippen molar-refractivity contribution in [3.8, 4) is 11.1 Å². The second kappa shape index (κ2) is 10.1. The third-order valence-corrected chi connectivity index (χ3v) is 7.77. The van der Waals surface area contributed by atoms with Gasteiger partial charge in [0.05, 0.1) is 6.67 Å². The van der Waals surface area contributed by atoms with Gasteiger partial charge in [-0.1, -0.05) is 56.2 Å². The SMILES string of the molecule is CCC[C@H]1CC[C@H](c2ccc(-c3ccc([C@H]4CC[C@H](CF)CC4)cc3)c(F)c2)CC1. The van der Waals surface area contributed by atoms with Crippen molar-refractivity contribution >= 4 is 0 Å². The summed E-state index contributed by atoms with van der Waals surface area (Å²) >= 11 is 0. The third kappa shape index (κ3) is 4.95. The van der Waals surface area contributed by atoms with E-state index >= 15 is 0 Å². The molecule has 0 amide bonds. The molecule has 2 aliphatic carbocycles. The first-order valence-corrected chi connectivity index (χ1v) is 12.1. The van der Waals surface area contributed by atoms with Gasteiger partial charge < -0.3 is 0 Å². The maximum Gasteiger partial charge on any atom is 0.131 e. The number of hydrogen-bond acceptors (Lipinski definition) is 0. The van der Waals surface area contributed by atoms with Crippen LogP contribution in [0.1, 0.15) is 94.1 Å². The molecule has 0 radical (unpaired) electrons. The lowest BCUT2D eigenvalue weighted by Gasteiger charge is -2.29. The van der Waals surface area contributed by atoms with Crippen molar-refractivity contribution in [3.63, 3.8) is 0 Å². The molecule has 30 heavy (non-hydrogen) atoms. The highest BCUT2D eigenvalue weighted by atomic mass is 19.1. The van der Waals surface area contributed by atoms with Gasteiger partial charge in [-0.2, -0.15) is 0 Å². The first-order chi connectivity index (χ1) is 14.7. The molecule has 0 aliphatic heterocycles. The lowest BCUT2D eigenvalue weighted by Crippen LogP contribution is -2.14. The first-order valence-electron chi connectivity index (χ1n) is 12.1. The fraction of sp³-hybridized carbons (Fsp3) is 0.571. The second-order valence-electron chi connectivity index (χ2n) is 9.74. The number of alkyl halides is 1. The largest absolute Gasteiger partial charge is 0.251 e. The fourth-order valence-electron chi connectivity index (χ4n) is 5.80. The topological polar surface area (TPSA) is 0 Å². The molecular formula is C28H36F2. The Bertz CT molecular complexity index is 794. The van der Waals surface area contributed by atoms with Crippen LogP contribution >= 0.6 is 0 Å². The van der Waals surface area contributed by atoms with Crippen molar-refractivity contribution in [2.45, 2.75) is 83.0 Å². The predicted molar refractivity (Wildman–Crippen MR) is 122 cm³/mol. The standard InChI is InChI=1S/C28H36F2/c1-2-3-20-4-8-24(9-5-20)26-16-17-27(28(30)18-26)25-14-12-23(13-15-25)22-10-6-21(19-29)7-11-22/h12-18,20-22,24H,2-11,19H2,1H3/t20-,21-,22-,24-. The predicted octanol–water partition coefficient (Wildman–Crippen LogP) is 8.81. The first kappa shape index (κ1) is 21.5. The van der Waals surface area contributed by atoms with Crippen molar-refractivity contribution in [2.75, 3.05) is 6.67 Å². The molecule has 4 rings (SSSR count). The smallest absolute Gasteiger partial charge is 0.131 e. The molecule has 2 aliphatic rings. The van der Waals surface area contributed by atoms with E-state index in [1.165, 1.54) is 49.7 Å². The summed E-state index contributed by atoms with van der Waals surface area (Å²) in [5.74, 6) is 2.08. The molecule has 0 saturated heterocycles. The van der Waals surface area contributed by atoms with Gasteiger partial charge in [0.1, 0.15) is 5.82 Å². The molecule has 162 valence electrons. The summed E-state index contributed by atoms with van der Waals surface area (Å²) < 4.78 is 27.8. The highest BCUT2D eigenvalue weighted by Crippen LogP contribution is 2.39. The fourth-order valence-corrected chi connectivity index (χ4v) is 5.80. The van der Waals surface area contributed by atoms with Crippen LogP contribution in [0.25, 0.3) is 11.1 Å². The summed E-state index contributed by atoms with van der Waals surface area (Å²) in [4.78, 5) is 0. The van der Waals surface area contributed by atoms with Crippen LogP contribution in [-0.2, 0) is 0 Å². The minimum absolute atomic E-state index is 0.0978. The van der Waals surface area contributed by atoms with E-state index in [4.69, 9.17) is 0 Å². The summed E-state index contributed by atoms with van der Waals surface area (Å²) in [5, 5.41) is 0. The average Bonchev–Trinajstić information content (AvgIpc) is 2.80. The highest BCUT2D eigenvalue weighted by Gasteiger charge is 2.24. The Kier molecular flexibility index (Phi) is 7.23. The number of rotatable bonds is 6. The van der Waals surface area contributed by atoms with Crippen molar-refractivity contribution in [2.24, 2.45) is 11.8 Å². The van der Waals surface area contributed by atoms with Crippen LogP contribution in [0.2, 0.25) is 0 Å². The van der Waals surface area contributed by atoms with Crippen LogP contribution in [0.15, 0.2) is 42.5 Å². The summed E-state index contributed by atoms with van der Waals surface area (Å²) in [5.41, 5.74) is 4.14. The lowest BCUT2D eigenvalue weighted by atomic mass is 9.77. The molecule has 0 bridgehead atoms. The molecule has 2 saturated carbocycles. The van der Waals surface area contributed by atoms with Crippen molar-refractivity contribution in [1.29, 1.82) is 0 Å². The maximum atomic E-state index is 15.0. The number of hydrogen-bond donors (Lipinski definition) is 0. The number of halogens is 2. The maximum absolute atomic E-state index is 15.0. The van der Waals surface area contributed by atoms with Crippen molar-refractivity contribution in [1.82, 2.24) is 0 Å². The van der Waals surface area contributed by atoms with Crippen LogP contribution in [0.4, 0.5) is 8.78 Å². The summed E-state index contributed by atoms with van der Waals surface area (Å²) in [6.07, 6.45) is 11.7. The molecule has 0 aromatic heterocycles. The minimum Gasteiger partial charge on any atom is -0.251 e. The minimum atomic E-state index is -0.179. The number of benzene rings is 2. The van der Waals surface area contributed by atoms with E-state index in [1.807, 2.05) is 6.07 Å². The van der Waals surface area contributed by atoms with Crippen molar-refractivity contribution < 1.29 is 8.78 Å². The van der Waals surface area contributed by atoms with Crippen LogP contribution in [0.5, 0.6) is 0 Å². The van der Waals surface area contributed by atoms with Gasteiger partial charge in [0, 0.05) is 5.56 Å². The Morgan fingerprint density at radius 1 is 0.733 bits per heavy atom. The quantitative estimate of drug-likeness (QED) is 0.446. The van der Waals surface area contributed by atoms with Gasteiger partial charge in [-0.05, 0) is 97.8 Å². The Morgan fingerprint density at radius 2 is 1.30 bits per heavy atom. The molecule has 0 unspecified atom stereocenters. The summed E-state index contributed by atoms with van der Waals surface area (Å²) in [7, 11) is 0. The van der Waals surface area contributed by atoms with Gasteiger partial charge in [0.15, 0.2) is 0 Å². The van der Waals surface area contributed by atoms with Gasteiger partial charge in [-0.15, -0.1) is 0 Å². The molecule has 0 atom stereocenters. The Hall–Kier alpha value is -1.70. The lowest BCUT2D eigenvalue weighted by molar-refractivity contribution is 0.263. The van der Waals surface area contributed by atoms with E-state index in [0.29, 0.717) is 17.4 Å². The van der Waals surface area contributed by atoms with E-state index in [0.717, 1.165) is 37.2 Å². The normalized spacial score (nSPS) is 27.2. The van der Waals surface area contributed by atoms with Gasteiger partial charge in [-0.25, -0.2) is 4.39 Å². The molecule has 0 nitrogen and oxygen atoms in total. The zero-order chi connectivity index (χ0) is 20.9.